The van der Waals surface area contributed by atoms with Gasteiger partial charge in [0.15, 0.2) is 17.6 Å². The highest BCUT2D eigenvalue weighted by Crippen LogP contribution is 2.29. The van der Waals surface area contributed by atoms with Gasteiger partial charge in [-0.1, -0.05) is 0 Å². The number of carbonyl (C=O) groups excluding carboxylic acids is 1. The molecule has 0 saturated carbocycles. The molecule has 0 spiro atoms. The molecule has 0 amide bonds. The third kappa shape index (κ3) is 2.84. The molecule has 3 heterocycles. The van der Waals surface area contributed by atoms with Crippen LogP contribution in [0.15, 0.2) is 22.9 Å². The van der Waals surface area contributed by atoms with Gasteiger partial charge in [0.2, 0.25) is 10.0 Å². The lowest BCUT2D eigenvalue weighted by Gasteiger charge is -2.35. The summed E-state index contributed by atoms with van der Waals surface area (Å²) in [4.78, 5) is 17.1. The average Bonchev–Trinajstić information content (AvgIpc) is 2.98. The Kier molecular flexibility index (Phi) is 4.11. The van der Waals surface area contributed by atoms with Gasteiger partial charge in [-0.2, -0.15) is 4.31 Å². The van der Waals surface area contributed by atoms with E-state index in [0.717, 1.165) is 11.1 Å². The van der Waals surface area contributed by atoms with Crippen molar-refractivity contribution in [2.24, 2.45) is 0 Å². The van der Waals surface area contributed by atoms with Gasteiger partial charge in [0.05, 0.1) is 17.1 Å². The second kappa shape index (κ2) is 5.93. The molecule has 3 rings (SSSR count). The van der Waals surface area contributed by atoms with Gasteiger partial charge in [0, 0.05) is 37.8 Å². The second-order valence-electron chi connectivity index (χ2n) is 5.82. The molecule has 1 saturated heterocycles. The van der Waals surface area contributed by atoms with Crippen LogP contribution in [0.4, 0.5) is 5.69 Å². The number of nitrogens with zero attached hydrogens (tertiary/aromatic N) is 3. The molecule has 0 radical (unpaired) electrons. The Morgan fingerprint density at radius 3 is 2.52 bits per heavy atom. The van der Waals surface area contributed by atoms with Gasteiger partial charge in [0.25, 0.3) is 0 Å². The van der Waals surface area contributed by atoms with Crippen molar-refractivity contribution in [2.75, 3.05) is 31.1 Å². The van der Waals surface area contributed by atoms with Crippen molar-refractivity contribution in [1.82, 2.24) is 9.29 Å². The minimum absolute atomic E-state index is 0.260. The molecule has 1 aliphatic rings. The molecule has 0 bridgehead atoms. The predicted molar refractivity (Wildman–Crippen MR) is 87.2 cm³/mol. The highest BCUT2D eigenvalue weighted by molar-refractivity contribution is 7.89. The van der Waals surface area contributed by atoms with Gasteiger partial charge in [-0.25, -0.2) is 8.42 Å². The van der Waals surface area contributed by atoms with Crippen molar-refractivity contribution in [3.63, 3.8) is 0 Å². The van der Waals surface area contributed by atoms with Gasteiger partial charge >= 0.3 is 0 Å². The number of aldehydes is 1. The molecule has 0 atom stereocenters. The normalized spacial score (nSPS) is 17.1. The Morgan fingerprint density at radius 1 is 1.22 bits per heavy atom. The highest BCUT2D eigenvalue weighted by atomic mass is 32.2. The molecule has 23 heavy (non-hydrogen) atoms. The van der Waals surface area contributed by atoms with Crippen LogP contribution in [0.5, 0.6) is 0 Å². The van der Waals surface area contributed by atoms with E-state index < -0.39 is 15.3 Å². The van der Waals surface area contributed by atoms with Crippen LogP contribution in [0.3, 0.4) is 0 Å². The number of carbonyl (C=O) groups is 1. The zero-order valence-corrected chi connectivity index (χ0v) is 13.9. The molecular formula is C15H19N3O4S. The Balaban J connectivity index is 1.83. The Labute approximate surface area is 134 Å². The fourth-order valence-electron chi connectivity index (χ4n) is 2.73. The number of aromatic nitrogens is 1. The number of hydrogen-bond donors (Lipinski definition) is 0. The van der Waals surface area contributed by atoms with Crippen molar-refractivity contribution in [1.29, 1.82) is 0 Å². The fourth-order valence-corrected chi connectivity index (χ4v) is 4.00. The smallest absolute Gasteiger partial charge is 0.216 e. The molecule has 0 N–H and O–H groups in total. The van der Waals surface area contributed by atoms with E-state index >= 15 is 0 Å². The highest BCUT2D eigenvalue weighted by Gasteiger charge is 2.30. The quantitative estimate of drug-likeness (QED) is 0.786. The maximum atomic E-state index is 12.2. The molecule has 2 aromatic rings. The van der Waals surface area contributed by atoms with E-state index in [1.165, 1.54) is 4.31 Å². The number of pyridine rings is 1. The van der Waals surface area contributed by atoms with Crippen LogP contribution in [0.2, 0.25) is 0 Å². The molecule has 2 aromatic heterocycles. The molecule has 7 nitrogen and oxygen atoms in total. The largest absolute Gasteiger partial charge is 0.451 e. The van der Waals surface area contributed by atoms with Crippen LogP contribution in [-0.4, -0.2) is 55.4 Å². The van der Waals surface area contributed by atoms with Crippen molar-refractivity contribution in [3.05, 3.63) is 24.2 Å². The maximum absolute atomic E-state index is 12.2. The summed E-state index contributed by atoms with van der Waals surface area (Å²) in [7, 11) is -3.23. The number of hydrogen-bond acceptors (Lipinski definition) is 6. The van der Waals surface area contributed by atoms with E-state index in [-0.39, 0.29) is 5.76 Å². The summed E-state index contributed by atoms with van der Waals surface area (Å²) in [5.41, 5.74) is 1.40. The van der Waals surface area contributed by atoms with Gasteiger partial charge in [0.1, 0.15) is 0 Å². The van der Waals surface area contributed by atoms with Crippen LogP contribution >= 0.6 is 0 Å². The Bertz CT molecular complexity index is 820. The van der Waals surface area contributed by atoms with Crippen LogP contribution in [0.25, 0.3) is 11.0 Å². The molecule has 0 aliphatic carbocycles. The van der Waals surface area contributed by atoms with E-state index in [9.17, 15) is 13.2 Å². The minimum atomic E-state index is -3.23. The lowest BCUT2D eigenvalue weighted by Crippen LogP contribution is -2.50. The Hall–Kier alpha value is -1.93. The number of piperazine rings is 1. The number of anilines is 1. The number of fused-ring (bicyclic) bond motifs is 1. The summed E-state index contributed by atoms with van der Waals surface area (Å²) in [5.74, 6) is 0.260. The number of sulfonamides is 1. The van der Waals surface area contributed by atoms with Gasteiger partial charge in [-0.3, -0.25) is 9.78 Å². The lowest BCUT2D eigenvalue weighted by molar-refractivity contribution is 0.110. The number of rotatable bonds is 4. The van der Waals surface area contributed by atoms with Gasteiger partial charge in [-0.05, 0) is 19.9 Å². The van der Waals surface area contributed by atoms with Crippen molar-refractivity contribution in [2.45, 2.75) is 19.1 Å². The second-order valence-corrected chi connectivity index (χ2v) is 8.31. The molecule has 0 aromatic carbocycles. The first-order valence-corrected chi connectivity index (χ1v) is 9.00. The summed E-state index contributed by atoms with van der Waals surface area (Å²) in [6, 6.07) is 1.65. The molecule has 8 heteroatoms. The molecule has 1 fully saturated rings. The maximum Gasteiger partial charge on any atom is 0.216 e. The standard InChI is InChI=1S/C15H19N3O4S/c1-11(2)23(20,21)18-5-3-17(4-6-18)14-9-16-8-12-7-13(10-19)22-15(12)14/h7-11H,3-6H2,1-2H3. The SMILES string of the molecule is CC(C)S(=O)(=O)N1CCN(c2cncc3cc(C=O)oc23)CC1. The first-order valence-electron chi connectivity index (χ1n) is 7.50. The van der Waals surface area contributed by atoms with E-state index in [4.69, 9.17) is 4.42 Å². The van der Waals surface area contributed by atoms with E-state index in [0.29, 0.717) is 38.0 Å². The third-order valence-electron chi connectivity index (χ3n) is 4.07. The third-order valence-corrected chi connectivity index (χ3v) is 6.35. The summed E-state index contributed by atoms with van der Waals surface area (Å²) < 4.78 is 31.5. The first kappa shape index (κ1) is 15.9. The van der Waals surface area contributed by atoms with E-state index in [2.05, 4.69) is 4.98 Å². The lowest BCUT2D eigenvalue weighted by atomic mass is 10.2. The fraction of sp³-hybridized carbons (Fsp3) is 0.467. The topological polar surface area (TPSA) is 83.7 Å². The van der Waals surface area contributed by atoms with E-state index in [1.54, 1.807) is 32.3 Å². The van der Waals surface area contributed by atoms with Crippen LogP contribution < -0.4 is 4.90 Å². The van der Waals surface area contributed by atoms with Crippen LogP contribution in [0.1, 0.15) is 24.4 Å². The monoisotopic (exact) mass is 337 g/mol. The van der Waals surface area contributed by atoms with Crippen LogP contribution in [0, 0.1) is 0 Å². The molecular weight excluding hydrogens is 318 g/mol. The summed E-state index contributed by atoms with van der Waals surface area (Å²) in [6.07, 6.45) is 4.00. The number of furan rings is 1. The Morgan fingerprint density at radius 2 is 1.91 bits per heavy atom. The van der Waals surface area contributed by atoms with Gasteiger partial charge in [-0.15, -0.1) is 0 Å². The van der Waals surface area contributed by atoms with Gasteiger partial charge < -0.3 is 9.32 Å². The molecule has 124 valence electrons. The first-order chi connectivity index (χ1) is 10.9. The molecule has 0 unspecified atom stereocenters. The zero-order chi connectivity index (χ0) is 16.6. The predicted octanol–water partition coefficient (Wildman–Crippen LogP) is 1.50. The van der Waals surface area contributed by atoms with Crippen molar-refractivity contribution in [3.8, 4) is 0 Å². The van der Waals surface area contributed by atoms with E-state index in [1.807, 2.05) is 4.90 Å². The van der Waals surface area contributed by atoms with Crippen molar-refractivity contribution >= 4 is 33.0 Å². The van der Waals surface area contributed by atoms with Crippen LogP contribution in [-0.2, 0) is 10.0 Å². The minimum Gasteiger partial charge on any atom is -0.451 e. The summed E-state index contributed by atoms with van der Waals surface area (Å²) in [5, 5.41) is 0.348. The average molecular weight is 337 g/mol. The summed E-state index contributed by atoms with van der Waals surface area (Å²) in [6.45, 7) is 5.36. The summed E-state index contributed by atoms with van der Waals surface area (Å²) >= 11 is 0. The van der Waals surface area contributed by atoms with Crippen molar-refractivity contribution < 1.29 is 17.6 Å². The molecule has 1 aliphatic heterocycles. The zero-order valence-electron chi connectivity index (χ0n) is 13.1.